The maximum Gasteiger partial charge on any atom is 0.237 e. The molecule has 1 aromatic rings. The quantitative estimate of drug-likeness (QED) is 0.902. The monoisotopic (exact) mass is 306 g/mol. The minimum atomic E-state index is -0.0143. The normalized spacial score (nSPS) is 21.0. The van der Waals surface area contributed by atoms with Crippen LogP contribution >= 0.6 is 11.8 Å². The number of anilines is 1. The minimum absolute atomic E-state index is 0.0143. The van der Waals surface area contributed by atoms with Crippen LogP contribution in [0.2, 0.25) is 0 Å². The molecule has 1 saturated heterocycles. The van der Waals surface area contributed by atoms with E-state index in [-0.39, 0.29) is 11.2 Å². The Kier molecular flexibility index (Phi) is 6.12. The molecule has 0 saturated carbocycles. The summed E-state index contributed by atoms with van der Waals surface area (Å²) in [7, 11) is 0. The van der Waals surface area contributed by atoms with Crippen molar-refractivity contribution in [3.8, 4) is 0 Å². The molecule has 2 atom stereocenters. The van der Waals surface area contributed by atoms with Crippen molar-refractivity contribution < 1.29 is 4.79 Å². The molecule has 0 bridgehead atoms. The summed E-state index contributed by atoms with van der Waals surface area (Å²) in [5.74, 6) is 0.880. The first-order valence-electron chi connectivity index (χ1n) is 7.73. The van der Waals surface area contributed by atoms with Gasteiger partial charge in [0.15, 0.2) is 0 Å². The molecule has 1 aliphatic heterocycles. The number of thioether (sulfide) groups is 1. The van der Waals surface area contributed by atoms with Gasteiger partial charge in [-0.25, -0.2) is 0 Å². The number of nitrogens with zero attached hydrogens (tertiary/aromatic N) is 1. The van der Waals surface area contributed by atoms with Crippen LogP contribution in [0.4, 0.5) is 5.69 Å². The summed E-state index contributed by atoms with van der Waals surface area (Å²) in [5.41, 5.74) is 2.21. The van der Waals surface area contributed by atoms with Crippen molar-refractivity contribution >= 4 is 23.4 Å². The van der Waals surface area contributed by atoms with Crippen LogP contribution in [-0.2, 0) is 11.3 Å². The second-order valence-electron chi connectivity index (χ2n) is 6.05. The van der Waals surface area contributed by atoms with Crippen molar-refractivity contribution in [3.05, 3.63) is 29.8 Å². The van der Waals surface area contributed by atoms with Crippen molar-refractivity contribution in [1.82, 2.24) is 4.90 Å². The number of carbonyl (C=O) groups is 1. The Morgan fingerprint density at radius 1 is 1.43 bits per heavy atom. The maximum absolute atomic E-state index is 11.8. The number of likely N-dealkylation sites (tertiary alicyclic amines) is 1. The highest BCUT2D eigenvalue weighted by Gasteiger charge is 2.16. The van der Waals surface area contributed by atoms with Crippen LogP contribution in [0.3, 0.4) is 0 Å². The Morgan fingerprint density at radius 3 is 2.76 bits per heavy atom. The van der Waals surface area contributed by atoms with Crippen LogP contribution in [0.1, 0.15) is 32.3 Å². The third-order valence-electron chi connectivity index (χ3n) is 4.09. The fraction of sp³-hybridized carbons (Fsp3) is 0.588. The van der Waals surface area contributed by atoms with Gasteiger partial charge in [0.25, 0.3) is 0 Å². The molecular weight excluding hydrogens is 280 g/mol. The second kappa shape index (κ2) is 7.85. The Bertz CT molecular complexity index is 460. The van der Waals surface area contributed by atoms with Crippen LogP contribution in [0, 0.1) is 5.92 Å². The van der Waals surface area contributed by atoms with Crippen LogP contribution in [0.15, 0.2) is 24.3 Å². The van der Waals surface area contributed by atoms with Crippen LogP contribution in [0.25, 0.3) is 0 Å². The van der Waals surface area contributed by atoms with Crippen molar-refractivity contribution in [2.75, 3.05) is 24.7 Å². The van der Waals surface area contributed by atoms with E-state index >= 15 is 0 Å². The molecule has 0 aromatic heterocycles. The smallest absolute Gasteiger partial charge is 0.237 e. The van der Waals surface area contributed by atoms with Crippen LogP contribution in [0.5, 0.6) is 0 Å². The molecule has 0 unspecified atom stereocenters. The molecule has 1 amide bonds. The first kappa shape index (κ1) is 16.4. The first-order chi connectivity index (χ1) is 10.1. The van der Waals surface area contributed by atoms with E-state index in [1.54, 1.807) is 11.8 Å². The van der Waals surface area contributed by atoms with Gasteiger partial charge in [-0.05, 0) is 56.2 Å². The highest BCUT2D eigenvalue weighted by atomic mass is 32.2. The average molecular weight is 306 g/mol. The third kappa shape index (κ3) is 5.04. The lowest BCUT2D eigenvalue weighted by atomic mass is 10.00. The zero-order chi connectivity index (χ0) is 15.2. The zero-order valence-corrected chi connectivity index (χ0v) is 14.1. The molecule has 116 valence electrons. The van der Waals surface area contributed by atoms with Crippen molar-refractivity contribution in [1.29, 1.82) is 0 Å². The van der Waals surface area contributed by atoms with Gasteiger partial charge in [0.05, 0.1) is 5.25 Å². The van der Waals surface area contributed by atoms with E-state index in [9.17, 15) is 4.79 Å². The van der Waals surface area contributed by atoms with Crippen molar-refractivity contribution in [2.24, 2.45) is 5.92 Å². The van der Waals surface area contributed by atoms with E-state index in [1.165, 1.54) is 31.5 Å². The van der Waals surface area contributed by atoms with E-state index in [1.807, 2.05) is 25.3 Å². The molecule has 0 spiro atoms. The van der Waals surface area contributed by atoms with Gasteiger partial charge in [0.2, 0.25) is 5.91 Å². The Balaban J connectivity index is 1.88. The zero-order valence-electron chi connectivity index (χ0n) is 13.3. The van der Waals surface area contributed by atoms with Crippen LogP contribution in [-0.4, -0.2) is 35.4 Å². The van der Waals surface area contributed by atoms with Gasteiger partial charge in [-0.15, -0.1) is 0 Å². The molecule has 0 aliphatic carbocycles. The molecule has 1 aliphatic rings. The van der Waals surface area contributed by atoms with Gasteiger partial charge in [0, 0.05) is 18.8 Å². The van der Waals surface area contributed by atoms with Gasteiger partial charge in [-0.1, -0.05) is 19.1 Å². The summed E-state index contributed by atoms with van der Waals surface area (Å²) in [6.07, 6.45) is 4.62. The SMILES string of the molecule is CS[C@@H](C)C(=O)Nc1ccc(CN2CCC[C@@H](C)C2)cc1. The molecule has 21 heavy (non-hydrogen) atoms. The lowest BCUT2D eigenvalue weighted by molar-refractivity contribution is -0.115. The fourth-order valence-corrected chi connectivity index (χ4v) is 3.01. The number of hydrogen-bond donors (Lipinski definition) is 1. The van der Waals surface area contributed by atoms with Gasteiger partial charge >= 0.3 is 0 Å². The standard InChI is InChI=1S/C17H26N2OS/c1-13-5-4-10-19(11-13)12-15-6-8-16(9-7-15)18-17(20)14(2)21-3/h6-9,13-14H,4-5,10-12H2,1-3H3,(H,18,20)/t13-,14+/m1/s1. The summed E-state index contributed by atoms with van der Waals surface area (Å²) < 4.78 is 0. The molecule has 0 radical (unpaired) electrons. The lowest BCUT2D eigenvalue weighted by Crippen LogP contribution is -2.33. The minimum Gasteiger partial charge on any atom is -0.325 e. The highest BCUT2D eigenvalue weighted by Crippen LogP contribution is 2.19. The third-order valence-corrected chi connectivity index (χ3v) is 5.01. The molecule has 1 fully saturated rings. The Hall–Kier alpha value is -1.00. The second-order valence-corrected chi connectivity index (χ2v) is 7.23. The summed E-state index contributed by atoms with van der Waals surface area (Å²) >= 11 is 1.56. The Labute approximate surface area is 132 Å². The summed E-state index contributed by atoms with van der Waals surface area (Å²) in [6.45, 7) is 7.67. The Morgan fingerprint density at radius 2 is 2.14 bits per heavy atom. The number of hydrogen-bond acceptors (Lipinski definition) is 3. The van der Waals surface area contributed by atoms with Crippen LogP contribution < -0.4 is 5.32 Å². The van der Waals surface area contributed by atoms with E-state index in [0.29, 0.717) is 0 Å². The number of piperidine rings is 1. The maximum atomic E-state index is 11.8. The van der Waals surface area contributed by atoms with E-state index in [0.717, 1.165) is 18.2 Å². The summed E-state index contributed by atoms with van der Waals surface area (Å²) in [6, 6.07) is 8.26. The van der Waals surface area contributed by atoms with Gasteiger partial charge in [-0.2, -0.15) is 11.8 Å². The highest BCUT2D eigenvalue weighted by molar-refractivity contribution is 7.99. The number of nitrogens with one attached hydrogen (secondary N) is 1. The summed E-state index contributed by atoms with van der Waals surface area (Å²) in [4.78, 5) is 14.4. The van der Waals surface area contributed by atoms with E-state index in [2.05, 4.69) is 29.3 Å². The molecular formula is C17H26N2OS. The van der Waals surface area contributed by atoms with E-state index < -0.39 is 0 Å². The number of benzene rings is 1. The molecule has 2 rings (SSSR count). The lowest BCUT2D eigenvalue weighted by Gasteiger charge is -2.30. The predicted octanol–water partition coefficient (Wildman–Crippen LogP) is 3.61. The molecule has 1 heterocycles. The number of rotatable bonds is 5. The summed E-state index contributed by atoms with van der Waals surface area (Å²) in [5, 5.41) is 2.94. The van der Waals surface area contributed by atoms with Gasteiger partial charge in [-0.3, -0.25) is 9.69 Å². The molecule has 1 N–H and O–H groups in total. The van der Waals surface area contributed by atoms with Gasteiger partial charge in [0.1, 0.15) is 0 Å². The molecule has 4 heteroatoms. The van der Waals surface area contributed by atoms with E-state index in [4.69, 9.17) is 0 Å². The van der Waals surface area contributed by atoms with Gasteiger partial charge < -0.3 is 5.32 Å². The largest absolute Gasteiger partial charge is 0.325 e. The predicted molar refractivity (Wildman–Crippen MR) is 91.7 cm³/mol. The topological polar surface area (TPSA) is 32.3 Å². The fourth-order valence-electron chi connectivity index (χ4n) is 2.73. The first-order valence-corrected chi connectivity index (χ1v) is 9.02. The van der Waals surface area contributed by atoms with Crippen molar-refractivity contribution in [2.45, 2.75) is 38.5 Å². The number of carbonyl (C=O) groups excluding carboxylic acids is 1. The number of amides is 1. The van der Waals surface area contributed by atoms with Crippen molar-refractivity contribution in [3.63, 3.8) is 0 Å². The average Bonchev–Trinajstić information content (AvgIpc) is 2.48. The molecule has 3 nitrogen and oxygen atoms in total. The molecule has 1 aromatic carbocycles.